The molecule has 0 aliphatic carbocycles. The molecule has 1 fully saturated rings. The van der Waals surface area contributed by atoms with Crippen molar-refractivity contribution in [3.05, 3.63) is 40.4 Å². The number of H-pyrrole nitrogens is 1. The summed E-state index contributed by atoms with van der Waals surface area (Å²) in [6, 6.07) is 2.04. The zero-order valence-corrected chi connectivity index (χ0v) is 17.2. The summed E-state index contributed by atoms with van der Waals surface area (Å²) in [5, 5.41) is 4.17. The maximum Gasteiger partial charge on any atom is 0.162 e. The lowest BCUT2D eigenvalue weighted by atomic mass is 9.86. The lowest BCUT2D eigenvalue weighted by Gasteiger charge is -2.38. The van der Waals surface area contributed by atoms with Gasteiger partial charge in [0.05, 0.1) is 12.9 Å². The molecule has 4 rings (SSSR count). The van der Waals surface area contributed by atoms with Gasteiger partial charge in [-0.25, -0.2) is 15.0 Å². The number of rotatable bonds is 7. The quantitative estimate of drug-likeness (QED) is 0.632. The Morgan fingerprint density at radius 1 is 1.32 bits per heavy atom. The van der Waals surface area contributed by atoms with E-state index >= 15 is 0 Å². The van der Waals surface area contributed by atoms with E-state index in [4.69, 9.17) is 16.3 Å². The first-order valence-corrected chi connectivity index (χ1v) is 9.97. The molecule has 2 aromatic heterocycles. The van der Waals surface area contributed by atoms with Crippen molar-refractivity contribution in [1.29, 1.82) is 0 Å². The number of likely N-dealkylation sites (tertiary alicyclic amines) is 1. The second kappa shape index (κ2) is 7.93. The van der Waals surface area contributed by atoms with Gasteiger partial charge in [0, 0.05) is 36.1 Å². The first kappa shape index (κ1) is 19.0. The second-order valence-corrected chi connectivity index (χ2v) is 7.64. The Balaban J connectivity index is 1.57. The summed E-state index contributed by atoms with van der Waals surface area (Å²) in [7, 11) is 2.14. The summed E-state index contributed by atoms with van der Waals surface area (Å²) < 4.78 is 6.11. The number of fused-ring (bicyclic) bond motifs is 1. The number of benzene rings is 1. The third kappa shape index (κ3) is 3.52. The van der Waals surface area contributed by atoms with Crippen LogP contribution in [-0.4, -0.2) is 58.1 Å². The van der Waals surface area contributed by atoms with E-state index in [1.165, 1.54) is 11.9 Å². The molecule has 0 spiro atoms. The summed E-state index contributed by atoms with van der Waals surface area (Å²) in [5.41, 5.74) is 4.99. The van der Waals surface area contributed by atoms with Gasteiger partial charge in [-0.05, 0) is 44.5 Å². The molecule has 0 amide bonds. The normalized spacial score (nSPS) is 15.0. The van der Waals surface area contributed by atoms with Crippen molar-refractivity contribution in [2.75, 3.05) is 38.6 Å². The number of anilines is 1. The average molecular weight is 401 g/mol. The molecule has 1 aliphatic heterocycles. The number of nitrogens with one attached hydrogen (secondary N) is 2. The molecule has 1 aromatic carbocycles. The number of imidazole rings is 1. The Morgan fingerprint density at radius 2 is 2.14 bits per heavy atom. The molecule has 7 nitrogen and oxygen atoms in total. The summed E-state index contributed by atoms with van der Waals surface area (Å²) >= 11 is 6.59. The minimum Gasteiger partial charge on any atom is -0.493 e. The number of aromatic nitrogens is 4. The highest BCUT2D eigenvalue weighted by atomic mass is 35.5. The molecule has 0 radical (unpaired) electrons. The van der Waals surface area contributed by atoms with Crippen molar-refractivity contribution in [3.8, 4) is 5.75 Å². The van der Waals surface area contributed by atoms with Gasteiger partial charge in [-0.1, -0.05) is 11.6 Å². The molecular formula is C20H25ClN6O. The van der Waals surface area contributed by atoms with E-state index < -0.39 is 0 Å². The average Bonchev–Trinajstić information content (AvgIpc) is 3.13. The maximum absolute atomic E-state index is 6.59. The van der Waals surface area contributed by atoms with Crippen LogP contribution in [0.2, 0.25) is 5.02 Å². The second-order valence-electron chi connectivity index (χ2n) is 7.24. The summed E-state index contributed by atoms with van der Waals surface area (Å²) in [4.78, 5) is 18.1. The van der Waals surface area contributed by atoms with Crippen molar-refractivity contribution in [2.24, 2.45) is 0 Å². The van der Waals surface area contributed by atoms with Gasteiger partial charge in [0.15, 0.2) is 11.5 Å². The largest absolute Gasteiger partial charge is 0.493 e. The Morgan fingerprint density at radius 3 is 2.89 bits per heavy atom. The van der Waals surface area contributed by atoms with Crippen molar-refractivity contribution in [1.82, 2.24) is 24.8 Å². The molecule has 0 atom stereocenters. The van der Waals surface area contributed by atoms with Crippen LogP contribution in [0.4, 0.5) is 5.82 Å². The number of ether oxygens (including phenoxy) is 1. The predicted octanol–water partition coefficient (Wildman–Crippen LogP) is 3.40. The molecule has 1 saturated heterocycles. The molecule has 0 unspecified atom stereocenters. The van der Waals surface area contributed by atoms with Gasteiger partial charge in [0.1, 0.15) is 17.6 Å². The topological polar surface area (TPSA) is 79.0 Å². The first-order valence-electron chi connectivity index (χ1n) is 9.59. The van der Waals surface area contributed by atoms with Crippen LogP contribution in [0.3, 0.4) is 0 Å². The Kier molecular flexibility index (Phi) is 5.37. The summed E-state index contributed by atoms with van der Waals surface area (Å²) in [6.45, 7) is 7.53. The Hall–Kier alpha value is -2.38. The van der Waals surface area contributed by atoms with Crippen molar-refractivity contribution in [3.63, 3.8) is 0 Å². The smallest absolute Gasteiger partial charge is 0.162 e. The number of halogens is 1. The highest BCUT2D eigenvalue weighted by Crippen LogP contribution is 2.41. The maximum atomic E-state index is 6.59. The van der Waals surface area contributed by atoms with E-state index in [9.17, 15) is 0 Å². The van der Waals surface area contributed by atoms with Gasteiger partial charge >= 0.3 is 0 Å². The molecule has 3 aromatic rings. The zero-order chi connectivity index (χ0) is 19.7. The van der Waals surface area contributed by atoms with E-state index in [1.807, 2.05) is 13.0 Å². The lowest BCUT2D eigenvalue weighted by molar-refractivity contribution is 0.184. The Bertz CT molecular complexity index is 982. The van der Waals surface area contributed by atoms with Crippen molar-refractivity contribution < 1.29 is 4.74 Å². The SMILES string of the molecule is CCOc1c(CCNc2ncnc3[nH]cnc23)cc(Cl)c(C)c1C1CN(C)C1. The Labute approximate surface area is 169 Å². The fraction of sp³-hybridized carbons (Fsp3) is 0.450. The molecule has 2 N–H and O–H groups in total. The molecule has 8 heteroatoms. The molecule has 3 heterocycles. The number of hydrogen-bond acceptors (Lipinski definition) is 6. The zero-order valence-electron chi connectivity index (χ0n) is 16.4. The first-order chi connectivity index (χ1) is 13.6. The van der Waals surface area contributed by atoms with E-state index in [1.54, 1.807) is 6.33 Å². The monoisotopic (exact) mass is 400 g/mol. The number of nitrogens with zero attached hydrogens (tertiary/aromatic N) is 4. The van der Waals surface area contributed by atoms with Gasteiger partial charge in [-0.2, -0.15) is 0 Å². The van der Waals surface area contributed by atoms with Crippen LogP contribution in [0, 0.1) is 6.92 Å². The highest BCUT2D eigenvalue weighted by molar-refractivity contribution is 6.31. The van der Waals surface area contributed by atoms with Crippen LogP contribution in [0.1, 0.15) is 29.5 Å². The van der Waals surface area contributed by atoms with Crippen LogP contribution in [-0.2, 0) is 6.42 Å². The van der Waals surface area contributed by atoms with E-state index in [0.717, 1.165) is 58.4 Å². The fourth-order valence-electron chi connectivity index (χ4n) is 3.88. The van der Waals surface area contributed by atoms with Crippen LogP contribution < -0.4 is 10.1 Å². The molecular weight excluding hydrogens is 376 g/mol. The third-order valence-electron chi connectivity index (χ3n) is 5.26. The van der Waals surface area contributed by atoms with Crippen LogP contribution in [0.25, 0.3) is 11.2 Å². The van der Waals surface area contributed by atoms with E-state index in [2.05, 4.69) is 44.1 Å². The molecule has 1 aliphatic rings. The number of hydrogen-bond donors (Lipinski definition) is 2. The number of likely N-dealkylation sites (N-methyl/N-ethyl adjacent to an activating group) is 1. The van der Waals surface area contributed by atoms with E-state index in [-0.39, 0.29) is 0 Å². The summed E-state index contributed by atoms with van der Waals surface area (Å²) in [5.74, 6) is 2.20. The predicted molar refractivity (Wildman–Crippen MR) is 111 cm³/mol. The fourth-order valence-corrected chi connectivity index (χ4v) is 4.12. The molecule has 0 saturated carbocycles. The molecule has 0 bridgehead atoms. The van der Waals surface area contributed by atoms with Gasteiger partial charge in [0.25, 0.3) is 0 Å². The van der Waals surface area contributed by atoms with Gasteiger partial charge in [-0.3, -0.25) is 0 Å². The van der Waals surface area contributed by atoms with Gasteiger partial charge < -0.3 is 19.9 Å². The van der Waals surface area contributed by atoms with Crippen molar-refractivity contribution in [2.45, 2.75) is 26.2 Å². The van der Waals surface area contributed by atoms with Crippen molar-refractivity contribution >= 4 is 28.6 Å². The van der Waals surface area contributed by atoms with Crippen LogP contribution in [0.5, 0.6) is 5.75 Å². The van der Waals surface area contributed by atoms with Gasteiger partial charge in [0.2, 0.25) is 0 Å². The number of aromatic amines is 1. The van der Waals surface area contributed by atoms with Gasteiger partial charge in [-0.15, -0.1) is 0 Å². The van der Waals surface area contributed by atoms with Crippen LogP contribution in [0.15, 0.2) is 18.7 Å². The lowest BCUT2D eigenvalue weighted by Crippen LogP contribution is -2.42. The standard InChI is InChI=1S/C20H25ClN6O/c1-4-28-18-13(7-15(21)12(2)16(18)14-8-27(3)9-14)5-6-22-19-17-20(24-10-23-17)26-11-25-19/h7,10-11,14H,4-6,8-9H2,1-3H3,(H2,22,23,24,25,26). The van der Waals surface area contributed by atoms with E-state index in [0.29, 0.717) is 19.1 Å². The highest BCUT2D eigenvalue weighted by Gasteiger charge is 2.31. The third-order valence-corrected chi connectivity index (χ3v) is 5.66. The van der Waals surface area contributed by atoms with Crippen LogP contribution >= 0.6 is 11.6 Å². The molecule has 148 valence electrons. The minimum atomic E-state index is 0.475. The minimum absolute atomic E-state index is 0.475. The summed E-state index contributed by atoms with van der Waals surface area (Å²) in [6.07, 6.45) is 3.93. The molecule has 28 heavy (non-hydrogen) atoms.